The zero-order valence-electron chi connectivity index (χ0n) is 12.5. The highest BCUT2D eigenvalue weighted by Crippen LogP contribution is 2.05. The number of carbonyl (C=O) groups is 2. The first-order chi connectivity index (χ1) is 9.40. The third-order valence-corrected chi connectivity index (χ3v) is 2.77. The van der Waals surface area contributed by atoms with Gasteiger partial charge < -0.3 is 10.4 Å². The minimum absolute atomic E-state index is 0.217. The van der Waals surface area contributed by atoms with Crippen molar-refractivity contribution in [1.82, 2.24) is 10.2 Å². The molecule has 0 spiro atoms. The van der Waals surface area contributed by atoms with Crippen LogP contribution in [0.2, 0.25) is 0 Å². The highest BCUT2D eigenvalue weighted by Gasteiger charge is 2.20. The lowest BCUT2D eigenvalue weighted by Gasteiger charge is -2.20. The van der Waals surface area contributed by atoms with E-state index in [1.165, 1.54) is 0 Å². The van der Waals surface area contributed by atoms with Crippen LogP contribution in [0, 0.1) is 5.92 Å². The van der Waals surface area contributed by atoms with Crippen molar-refractivity contribution in [2.24, 2.45) is 5.92 Å². The molecule has 0 fully saturated rings. The third kappa shape index (κ3) is 8.48. The molecule has 0 aliphatic heterocycles. The molecular formula is C15H26N2O3. The standard InChI is InChI=1S/C15H26N2O3/c1-5-8-17(9-6-2)10-7-14(18)16-13(15(19)20)11-12(3)4/h5-6,12-13H,1-2,7-11H2,3-4H3,(H,16,18)(H,19,20). The number of carbonyl (C=O) groups excluding carboxylic acids is 1. The first kappa shape index (κ1) is 18.4. The second kappa shape index (κ2) is 10.2. The Morgan fingerprint density at radius 1 is 1.25 bits per heavy atom. The molecular weight excluding hydrogens is 256 g/mol. The van der Waals surface area contributed by atoms with E-state index >= 15 is 0 Å². The van der Waals surface area contributed by atoms with Crippen molar-refractivity contribution in [2.75, 3.05) is 19.6 Å². The maximum absolute atomic E-state index is 11.8. The summed E-state index contributed by atoms with van der Waals surface area (Å²) >= 11 is 0. The highest BCUT2D eigenvalue weighted by molar-refractivity contribution is 5.83. The number of aliphatic carboxylic acids is 1. The summed E-state index contributed by atoms with van der Waals surface area (Å²) in [4.78, 5) is 24.9. The zero-order chi connectivity index (χ0) is 15.5. The maximum Gasteiger partial charge on any atom is 0.326 e. The predicted octanol–water partition coefficient (Wildman–Crippen LogP) is 1.67. The van der Waals surface area contributed by atoms with Crippen LogP contribution >= 0.6 is 0 Å². The Kier molecular flexibility index (Phi) is 9.38. The van der Waals surface area contributed by atoms with E-state index in [2.05, 4.69) is 18.5 Å². The molecule has 20 heavy (non-hydrogen) atoms. The van der Waals surface area contributed by atoms with Crippen LogP contribution in [0.5, 0.6) is 0 Å². The quantitative estimate of drug-likeness (QED) is 0.566. The predicted molar refractivity (Wildman–Crippen MR) is 80.5 cm³/mol. The molecule has 0 rings (SSSR count). The summed E-state index contributed by atoms with van der Waals surface area (Å²) in [7, 11) is 0. The monoisotopic (exact) mass is 282 g/mol. The molecule has 0 radical (unpaired) electrons. The van der Waals surface area contributed by atoms with E-state index < -0.39 is 12.0 Å². The fraction of sp³-hybridized carbons (Fsp3) is 0.600. The molecule has 5 nitrogen and oxygen atoms in total. The third-order valence-electron chi connectivity index (χ3n) is 2.77. The van der Waals surface area contributed by atoms with E-state index in [0.29, 0.717) is 26.1 Å². The van der Waals surface area contributed by atoms with Crippen molar-refractivity contribution < 1.29 is 14.7 Å². The number of nitrogens with one attached hydrogen (secondary N) is 1. The summed E-state index contributed by atoms with van der Waals surface area (Å²) in [6.45, 7) is 13.1. The van der Waals surface area contributed by atoms with Crippen molar-refractivity contribution in [2.45, 2.75) is 32.7 Å². The van der Waals surface area contributed by atoms with E-state index in [-0.39, 0.29) is 18.2 Å². The average Bonchev–Trinajstić information content (AvgIpc) is 2.35. The normalized spacial score (nSPS) is 12.2. The topological polar surface area (TPSA) is 69.6 Å². The molecule has 0 aromatic carbocycles. The van der Waals surface area contributed by atoms with Crippen molar-refractivity contribution in [3.05, 3.63) is 25.3 Å². The Morgan fingerprint density at radius 2 is 1.80 bits per heavy atom. The molecule has 5 heteroatoms. The molecule has 0 aromatic rings. The van der Waals surface area contributed by atoms with Crippen LogP contribution in [0.25, 0.3) is 0 Å². The number of hydrogen-bond donors (Lipinski definition) is 2. The van der Waals surface area contributed by atoms with Crippen LogP contribution in [-0.2, 0) is 9.59 Å². The largest absolute Gasteiger partial charge is 0.480 e. The number of hydrogen-bond acceptors (Lipinski definition) is 3. The van der Waals surface area contributed by atoms with Gasteiger partial charge in [-0.2, -0.15) is 0 Å². The minimum atomic E-state index is -0.985. The molecule has 0 bridgehead atoms. The van der Waals surface area contributed by atoms with E-state index in [4.69, 9.17) is 5.11 Å². The Morgan fingerprint density at radius 3 is 2.20 bits per heavy atom. The minimum Gasteiger partial charge on any atom is -0.480 e. The zero-order valence-corrected chi connectivity index (χ0v) is 12.5. The second-order valence-corrected chi connectivity index (χ2v) is 5.17. The number of nitrogens with zero attached hydrogens (tertiary/aromatic N) is 1. The summed E-state index contributed by atoms with van der Waals surface area (Å²) in [6.07, 6.45) is 4.23. The highest BCUT2D eigenvalue weighted by atomic mass is 16.4. The van der Waals surface area contributed by atoms with E-state index in [1.807, 2.05) is 18.7 Å². The molecule has 1 amide bonds. The second-order valence-electron chi connectivity index (χ2n) is 5.17. The molecule has 0 aliphatic rings. The van der Waals surface area contributed by atoms with Gasteiger partial charge in [0.2, 0.25) is 5.91 Å². The lowest BCUT2D eigenvalue weighted by molar-refractivity contribution is -0.142. The van der Waals surface area contributed by atoms with Crippen LogP contribution in [-0.4, -0.2) is 47.6 Å². The van der Waals surface area contributed by atoms with Crippen LogP contribution < -0.4 is 5.32 Å². The number of carboxylic acid groups (broad SMARTS) is 1. The van der Waals surface area contributed by atoms with Gasteiger partial charge in [-0.3, -0.25) is 9.69 Å². The number of amides is 1. The number of rotatable bonds is 11. The summed E-state index contributed by atoms with van der Waals surface area (Å²) < 4.78 is 0. The Balaban J connectivity index is 4.26. The van der Waals surface area contributed by atoms with Gasteiger partial charge in [0.1, 0.15) is 6.04 Å². The molecule has 2 N–H and O–H groups in total. The van der Waals surface area contributed by atoms with Crippen molar-refractivity contribution in [3.63, 3.8) is 0 Å². The van der Waals surface area contributed by atoms with E-state index in [9.17, 15) is 9.59 Å². The van der Waals surface area contributed by atoms with Gasteiger partial charge in [0.05, 0.1) is 0 Å². The molecule has 114 valence electrons. The van der Waals surface area contributed by atoms with Crippen molar-refractivity contribution in [1.29, 1.82) is 0 Å². The van der Waals surface area contributed by atoms with E-state index in [0.717, 1.165) is 0 Å². The summed E-state index contributed by atoms with van der Waals surface area (Å²) in [5.41, 5.74) is 0. The Bertz CT molecular complexity index is 330. The van der Waals surface area contributed by atoms with Crippen LogP contribution in [0.15, 0.2) is 25.3 Å². The van der Waals surface area contributed by atoms with Gasteiger partial charge in [-0.25, -0.2) is 4.79 Å². The Labute approximate surface area is 121 Å². The lowest BCUT2D eigenvalue weighted by Crippen LogP contribution is -2.42. The lowest BCUT2D eigenvalue weighted by atomic mass is 10.0. The van der Waals surface area contributed by atoms with Crippen LogP contribution in [0.1, 0.15) is 26.7 Å². The van der Waals surface area contributed by atoms with Gasteiger partial charge in [-0.05, 0) is 12.3 Å². The average molecular weight is 282 g/mol. The van der Waals surface area contributed by atoms with E-state index in [1.54, 1.807) is 12.2 Å². The van der Waals surface area contributed by atoms with Crippen LogP contribution in [0.4, 0.5) is 0 Å². The molecule has 0 aliphatic carbocycles. The first-order valence-electron chi connectivity index (χ1n) is 6.87. The summed E-state index contributed by atoms with van der Waals surface area (Å²) in [5, 5.41) is 11.6. The van der Waals surface area contributed by atoms with Gasteiger partial charge >= 0.3 is 5.97 Å². The molecule has 0 aromatic heterocycles. The molecule has 1 atom stereocenters. The smallest absolute Gasteiger partial charge is 0.326 e. The van der Waals surface area contributed by atoms with Crippen molar-refractivity contribution in [3.8, 4) is 0 Å². The molecule has 0 heterocycles. The van der Waals surface area contributed by atoms with Gasteiger partial charge in [-0.15, -0.1) is 13.2 Å². The molecule has 1 unspecified atom stereocenters. The van der Waals surface area contributed by atoms with Crippen LogP contribution in [0.3, 0.4) is 0 Å². The first-order valence-corrected chi connectivity index (χ1v) is 6.87. The maximum atomic E-state index is 11.8. The number of carboxylic acids is 1. The van der Waals surface area contributed by atoms with Gasteiger partial charge in [0.25, 0.3) is 0 Å². The SMILES string of the molecule is C=CCN(CC=C)CCC(=O)NC(CC(C)C)C(=O)O. The molecule has 0 saturated heterocycles. The van der Waals surface area contributed by atoms with Gasteiger partial charge in [0.15, 0.2) is 0 Å². The summed E-state index contributed by atoms with van der Waals surface area (Å²) in [6, 6.07) is -0.810. The fourth-order valence-electron chi connectivity index (χ4n) is 1.84. The van der Waals surface area contributed by atoms with Crippen molar-refractivity contribution >= 4 is 11.9 Å². The summed E-state index contributed by atoms with van der Waals surface area (Å²) in [5.74, 6) is -1.01. The van der Waals surface area contributed by atoms with Gasteiger partial charge in [-0.1, -0.05) is 26.0 Å². The van der Waals surface area contributed by atoms with Gasteiger partial charge in [0, 0.05) is 26.1 Å². The Hall–Kier alpha value is -1.62. The fourth-order valence-corrected chi connectivity index (χ4v) is 1.84. The molecule has 0 saturated carbocycles.